The number of hydrogen-bond acceptors (Lipinski definition) is 5. The van der Waals surface area contributed by atoms with Crippen LogP contribution in [0.15, 0.2) is 23.0 Å². The van der Waals surface area contributed by atoms with Gasteiger partial charge in [-0.2, -0.15) is 5.10 Å². The number of nitrogens with zero attached hydrogens (tertiary/aromatic N) is 4. The second kappa shape index (κ2) is 5.49. The number of carbonyl (C=O) groups is 1. The first-order valence-electron chi connectivity index (χ1n) is 6.82. The van der Waals surface area contributed by atoms with E-state index in [-0.39, 0.29) is 17.9 Å². The fourth-order valence-corrected chi connectivity index (χ4v) is 2.47. The Bertz CT molecular complexity index is 733. The van der Waals surface area contributed by atoms with E-state index in [1.165, 1.54) is 4.68 Å². The highest BCUT2D eigenvalue weighted by Gasteiger charge is 2.17. The van der Waals surface area contributed by atoms with Crippen LogP contribution in [0.1, 0.15) is 34.8 Å². The Morgan fingerprint density at radius 1 is 1.38 bits per heavy atom. The van der Waals surface area contributed by atoms with Gasteiger partial charge in [0.05, 0.1) is 12.2 Å². The molecule has 0 spiro atoms. The van der Waals surface area contributed by atoms with E-state index >= 15 is 0 Å². The van der Waals surface area contributed by atoms with Crippen LogP contribution in [0.5, 0.6) is 0 Å². The molecule has 0 radical (unpaired) electrons. The first-order chi connectivity index (χ1) is 10.2. The summed E-state index contributed by atoms with van der Waals surface area (Å²) in [6.45, 7) is 0.960. The lowest BCUT2D eigenvalue weighted by Crippen LogP contribution is -2.31. The molecule has 0 bridgehead atoms. The van der Waals surface area contributed by atoms with Gasteiger partial charge >= 0.3 is 5.69 Å². The average molecular weight is 288 g/mol. The van der Waals surface area contributed by atoms with Crippen LogP contribution in [-0.2, 0) is 19.5 Å². The number of hydrazine groups is 1. The van der Waals surface area contributed by atoms with Crippen LogP contribution in [0.2, 0.25) is 0 Å². The molecule has 0 saturated heterocycles. The number of rotatable bonds is 3. The maximum absolute atomic E-state index is 12.2. The normalized spacial score (nSPS) is 13.8. The molecular formula is C13H16N6O2. The number of aryl methyl sites for hydroxylation is 1. The highest BCUT2D eigenvalue weighted by molar-refractivity contribution is 5.91. The van der Waals surface area contributed by atoms with Gasteiger partial charge < -0.3 is 0 Å². The minimum atomic E-state index is -0.465. The van der Waals surface area contributed by atoms with Crippen molar-refractivity contribution in [1.82, 2.24) is 24.8 Å². The van der Waals surface area contributed by atoms with Crippen molar-refractivity contribution in [3.8, 4) is 0 Å². The van der Waals surface area contributed by atoms with E-state index in [1.54, 1.807) is 22.8 Å². The molecule has 3 heterocycles. The summed E-state index contributed by atoms with van der Waals surface area (Å²) in [6.07, 6.45) is 2.88. The fourth-order valence-electron chi connectivity index (χ4n) is 2.47. The number of fused-ring (bicyclic) bond motifs is 1. The van der Waals surface area contributed by atoms with Gasteiger partial charge in [0, 0.05) is 13.0 Å². The van der Waals surface area contributed by atoms with Crippen molar-refractivity contribution in [1.29, 1.82) is 0 Å². The number of amides is 1. The molecule has 2 aromatic heterocycles. The zero-order valence-corrected chi connectivity index (χ0v) is 11.5. The predicted octanol–water partition coefficient (Wildman–Crippen LogP) is -0.572. The van der Waals surface area contributed by atoms with Crippen LogP contribution in [0.3, 0.4) is 0 Å². The third-order valence-corrected chi connectivity index (χ3v) is 3.51. The summed E-state index contributed by atoms with van der Waals surface area (Å²) < 4.78 is 3.10. The third-order valence-electron chi connectivity index (χ3n) is 3.51. The molecule has 8 nitrogen and oxygen atoms in total. The van der Waals surface area contributed by atoms with Gasteiger partial charge in [0.15, 0.2) is 0 Å². The minimum absolute atomic E-state index is 0.125. The summed E-state index contributed by atoms with van der Waals surface area (Å²) in [5, 5.41) is 4.34. The van der Waals surface area contributed by atoms with Gasteiger partial charge in [0.25, 0.3) is 5.91 Å². The number of carbonyl (C=O) groups excluding carboxylic acids is 1. The SMILES string of the molecule is NNC(=O)c1cccc(Cn2nc3n(c2=O)CCCC3)n1. The van der Waals surface area contributed by atoms with Gasteiger partial charge in [-0.3, -0.25) is 14.8 Å². The molecule has 3 rings (SSSR count). The van der Waals surface area contributed by atoms with Crippen LogP contribution in [-0.4, -0.2) is 25.2 Å². The zero-order valence-electron chi connectivity index (χ0n) is 11.5. The van der Waals surface area contributed by atoms with E-state index in [2.05, 4.69) is 10.1 Å². The fraction of sp³-hybridized carbons (Fsp3) is 0.385. The monoisotopic (exact) mass is 288 g/mol. The topological polar surface area (TPSA) is 108 Å². The van der Waals surface area contributed by atoms with Gasteiger partial charge in [-0.25, -0.2) is 20.3 Å². The summed E-state index contributed by atoms with van der Waals surface area (Å²) in [7, 11) is 0. The molecule has 0 atom stereocenters. The van der Waals surface area contributed by atoms with Crippen LogP contribution in [0, 0.1) is 0 Å². The molecular weight excluding hydrogens is 272 g/mol. The smallest absolute Gasteiger partial charge is 0.289 e. The van der Waals surface area contributed by atoms with Crippen LogP contribution < -0.4 is 17.0 Å². The van der Waals surface area contributed by atoms with Crippen molar-refractivity contribution in [3.63, 3.8) is 0 Å². The van der Waals surface area contributed by atoms with Crippen molar-refractivity contribution in [2.75, 3.05) is 0 Å². The van der Waals surface area contributed by atoms with Crippen molar-refractivity contribution >= 4 is 5.91 Å². The lowest BCUT2D eigenvalue weighted by Gasteiger charge is -2.09. The highest BCUT2D eigenvalue weighted by Crippen LogP contribution is 2.10. The number of nitrogen functional groups attached to an aromatic ring is 1. The molecule has 1 aliphatic heterocycles. The van der Waals surface area contributed by atoms with Gasteiger partial charge in [-0.15, -0.1) is 0 Å². The summed E-state index contributed by atoms with van der Waals surface area (Å²) in [4.78, 5) is 27.9. The molecule has 0 aliphatic carbocycles. The Kier molecular flexibility index (Phi) is 3.53. The Morgan fingerprint density at radius 2 is 2.24 bits per heavy atom. The number of hydrogen-bond donors (Lipinski definition) is 2. The molecule has 0 saturated carbocycles. The summed E-state index contributed by atoms with van der Waals surface area (Å²) in [6, 6.07) is 5.01. The molecule has 21 heavy (non-hydrogen) atoms. The lowest BCUT2D eigenvalue weighted by molar-refractivity contribution is 0.0948. The standard InChI is InChI=1S/C13H16N6O2/c14-16-12(20)10-5-3-4-9(15-10)8-19-13(21)18-7-2-1-6-11(18)17-19/h3-5H,1-2,6-8,14H2,(H,16,20). The number of aromatic nitrogens is 4. The van der Waals surface area contributed by atoms with E-state index in [1.807, 2.05) is 5.43 Å². The van der Waals surface area contributed by atoms with Crippen LogP contribution in [0.25, 0.3) is 0 Å². The summed E-state index contributed by atoms with van der Waals surface area (Å²) in [5.74, 6) is 5.44. The molecule has 1 amide bonds. The largest absolute Gasteiger partial charge is 0.346 e. The molecule has 0 fully saturated rings. The van der Waals surface area contributed by atoms with Gasteiger partial charge in [0.1, 0.15) is 11.5 Å². The molecule has 1 aliphatic rings. The van der Waals surface area contributed by atoms with E-state index in [9.17, 15) is 9.59 Å². The Morgan fingerprint density at radius 3 is 3.00 bits per heavy atom. The van der Waals surface area contributed by atoms with E-state index in [4.69, 9.17) is 5.84 Å². The van der Waals surface area contributed by atoms with Gasteiger partial charge in [-0.1, -0.05) is 6.07 Å². The summed E-state index contributed by atoms with van der Waals surface area (Å²) in [5.41, 5.74) is 2.72. The second-order valence-electron chi connectivity index (χ2n) is 4.95. The maximum atomic E-state index is 12.2. The first-order valence-corrected chi connectivity index (χ1v) is 6.82. The van der Waals surface area contributed by atoms with Crippen molar-refractivity contribution in [2.45, 2.75) is 32.4 Å². The highest BCUT2D eigenvalue weighted by atomic mass is 16.2. The molecule has 3 N–H and O–H groups in total. The van der Waals surface area contributed by atoms with E-state index in [0.29, 0.717) is 5.69 Å². The quantitative estimate of drug-likeness (QED) is 0.446. The number of nitrogens with two attached hydrogens (primary N) is 1. The zero-order chi connectivity index (χ0) is 14.8. The van der Waals surface area contributed by atoms with E-state index < -0.39 is 5.91 Å². The molecule has 8 heteroatoms. The maximum Gasteiger partial charge on any atom is 0.346 e. The van der Waals surface area contributed by atoms with E-state index in [0.717, 1.165) is 31.6 Å². The lowest BCUT2D eigenvalue weighted by atomic mass is 10.2. The predicted molar refractivity (Wildman–Crippen MR) is 74.4 cm³/mol. The van der Waals surface area contributed by atoms with Crippen LogP contribution in [0.4, 0.5) is 0 Å². The Balaban J connectivity index is 1.89. The van der Waals surface area contributed by atoms with Crippen LogP contribution >= 0.6 is 0 Å². The molecule has 0 aromatic carbocycles. The molecule has 2 aromatic rings. The van der Waals surface area contributed by atoms with Crippen molar-refractivity contribution in [3.05, 3.63) is 45.9 Å². The molecule has 0 unspecified atom stereocenters. The van der Waals surface area contributed by atoms with Gasteiger partial charge in [-0.05, 0) is 25.0 Å². The second-order valence-corrected chi connectivity index (χ2v) is 4.95. The van der Waals surface area contributed by atoms with Crippen molar-refractivity contribution < 1.29 is 4.79 Å². The Hall–Kier alpha value is -2.48. The number of pyridine rings is 1. The minimum Gasteiger partial charge on any atom is -0.289 e. The Labute approximate surface area is 120 Å². The third kappa shape index (κ3) is 2.57. The van der Waals surface area contributed by atoms with Gasteiger partial charge in [0.2, 0.25) is 0 Å². The molecule has 110 valence electrons. The first kappa shape index (κ1) is 13.5. The summed E-state index contributed by atoms with van der Waals surface area (Å²) >= 11 is 0. The van der Waals surface area contributed by atoms with Crippen molar-refractivity contribution in [2.24, 2.45) is 5.84 Å². The number of nitrogens with one attached hydrogen (secondary N) is 1. The average Bonchev–Trinajstić information content (AvgIpc) is 2.83.